The summed E-state index contributed by atoms with van der Waals surface area (Å²) >= 11 is 0. The number of carbonyl (C=O) groups is 1. The lowest BCUT2D eigenvalue weighted by molar-refractivity contribution is 0.0697. The first-order chi connectivity index (χ1) is 8.65. The summed E-state index contributed by atoms with van der Waals surface area (Å²) in [6.45, 7) is 0. The van der Waals surface area contributed by atoms with E-state index in [2.05, 4.69) is 0 Å². The highest BCUT2D eigenvalue weighted by molar-refractivity contribution is 5.88. The highest BCUT2D eigenvalue weighted by Gasteiger charge is 1.99. The fourth-order valence-corrected chi connectivity index (χ4v) is 1.50. The molecule has 0 aliphatic carbocycles. The zero-order chi connectivity index (χ0) is 13.0. The van der Waals surface area contributed by atoms with Gasteiger partial charge in [0.2, 0.25) is 0 Å². The van der Waals surface area contributed by atoms with Crippen LogP contribution in [0.5, 0.6) is 0 Å². The number of benzene rings is 2. The van der Waals surface area contributed by atoms with Crippen molar-refractivity contribution in [2.75, 3.05) is 0 Å². The molecule has 2 nitrogen and oxygen atoms in total. The van der Waals surface area contributed by atoms with Gasteiger partial charge in [-0.2, -0.15) is 0 Å². The molecule has 0 saturated carbocycles. The zero-order valence-electron chi connectivity index (χ0n) is 9.51. The van der Waals surface area contributed by atoms with Gasteiger partial charge in [0.15, 0.2) is 0 Å². The first-order valence-corrected chi connectivity index (χ1v) is 5.42. The number of rotatable bonds is 3. The summed E-state index contributed by atoms with van der Waals surface area (Å²) in [6.07, 6.45) is 3.69. The Morgan fingerprint density at radius 2 is 1.33 bits per heavy atom. The van der Waals surface area contributed by atoms with Crippen LogP contribution in [0.4, 0.5) is 4.39 Å². The normalized spacial score (nSPS) is 10.7. The lowest BCUT2D eigenvalue weighted by atomic mass is 10.1. The molecule has 0 amide bonds. The van der Waals surface area contributed by atoms with Gasteiger partial charge >= 0.3 is 5.97 Å². The second-order valence-electron chi connectivity index (χ2n) is 3.81. The van der Waals surface area contributed by atoms with E-state index in [0.29, 0.717) is 0 Å². The number of hydrogen-bond acceptors (Lipinski definition) is 1. The maximum absolute atomic E-state index is 12.7. The Kier molecular flexibility index (Phi) is 3.53. The summed E-state index contributed by atoms with van der Waals surface area (Å²) in [5, 5.41) is 8.76. The summed E-state index contributed by atoms with van der Waals surface area (Å²) in [7, 11) is 0. The molecule has 90 valence electrons. The molecule has 3 heteroatoms. The van der Waals surface area contributed by atoms with Crippen LogP contribution in [-0.2, 0) is 0 Å². The van der Waals surface area contributed by atoms with E-state index in [1.54, 1.807) is 36.4 Å². The smallest absolute Gasteiger partial charge is 0.335 e. The Morgan fingerprint density at radius 3 is 1.78 bits per heavy atom. The van der Waals surface area contributed by atoms with Crippen molar-refractivity contribution in [3.63, 3.8) is 0 Å². The Balaban J connectivity index is 2.13. The molecule has 0 aliphatic heterocycles. The van der Waals surface area contributed by atoms with Crippen LogP contribution in [0.2, 0.25) is 0 Å². The molecular formula is C15H11FO2. The van der Waals surface area contributed by atoms with E-state index in [1.165, 1.54) is 12.1 Å². The molecule has 0 aromatic heterocycles. The number of carboxylic acid groups (broad SMARTS) is 1. The molecule has 2 rings (SSSR count). The van der Waals surface area contributed by atoms with Gasteiger partial charge < -0.3 is 5.11 Å². The summed E-state index contributed by atoms with van der Waals surface area (Å²) in [5.74, 6) is -1.21. The topological polar surface area (TPSA) is 37.3 Å². The van der Waals surface area contributed by atoms with E-state index in [1.807, 2.05) is 12.2 Å². The van der Waals surface area contributed by atoms with E-state index in [4.69, 9.17) is 5.11 Å². The molecule has 18 heavy (non-hydrogen) atoms. The first kappa shape index (κ1) is 12.0. The summed E-state index contributed by atoms with van der Waals surface area (Å²) in [5.41, 5.74) is 2.04. The molecular weight excluding hydrogens is 231 g/mol. The molecule has 0 saturated heterocycles. The number of carboxylic acids is 1. The summed E-state index contributed by atoms with van der Waals surface area (Å²) < 4.78 is 12.7. The van der Waals surface area contributed by atoms with E-state index >= 15 is 0 Å². The molecule has 1 N–H and O–H groups in total. The molecule has 2 aromatic carbocycles. The molecule has 0 fully saturated rings. The summed E-state index contributed by atoms with van der Waals surface area (Å²) in [4.78, 5) is 10.7. The average Bonchev–Trinajstić information content (AvgIpc) is 2.38. The van der Waals surface area contributed by atoms with Crippen LogP contribution in [0.1, 0.15) is 21.5 Å². The van der Waals surface area contributed by atoms with Gasteiger partial charge in [-0.25, -0.2) is 9.18 Å². The van der Waals surface area contributed by atoms with E-state index in [0.717, 1.165) is 11.1 Å². The third kappa shape index (κ3) is 3.04. The lowest BCUT2D eigenvalue weighted by Crippen LogP contribution is -1.94. The van der Waals surface area contributed by atoms with Crippen molar-refractivity contribution in [2.45, 2.75) is 0 Å². The molecule has 2 aromatic rings. The van der Waals surface area contributed by atoms with Crippen LogP contribution < -0.4 is 0 Å². The summed E-state index contributed by atoms with van der Waals surface area (Å²) in [6, 6.07) is 12.7. The Hall–Kier alpha value is -2.42. The highest BCUT2D eigenvalue weighted by atomic mass is 19.1. The van der Waals surface area contributed by atoms with Gasteiger partial charge in [0.05, 0.1) is 5.56 Å². The van der Waals surface area contributed by atoms with Gasteiger partial charge in [-0.05, 0) is 35.4 Å². The fraction of sp³-hybridized carbons (Fsp3) is 0. The number of hydrogen-bond donors (Lipinski definition) is 1. The van der Waals surface area contributed by atoms with E-state index in [-0.39, 0.29) is 11.4 Å². The van der Waals surface area contributed by atoms with E-state index in [9.17, 15) is 9.18 Å². The zero-order valence-corrected chi connectivity index (χ0v) is 9.51. The third-order valence-electron chi connectivity index (χ3n) is 2.50. The molecule has 0 atom stereocenters. The van der Waals surface area contributed by atoms with Crippen molar-refractivity contribution >= 4 is 18.1 Å². The Labute approximate surface area is 104 Å². The number of halogens is 1. The third-order valence-corrected chi connectivity index (χ3v) is 2.50. The minimum absolute atomic E-state index is 0.258. The van der Waals surface area contributed by atoms with Gasteiger partial charge in [0.1, 0.15) is 5.82 Å². The largest absolute Gasteiger partial charge is 0.478 e. The van der Waals surface area contributed by atoms with Crippen molar-refractivity contribution in [1.82, 2.24) is 0 Å². The van der Waals surface area contributed by atoms with Gasteiger partial charge in [0.25, 0.3) is 0 Å². The van der Waals surface area contributed by atoms with Crippen LogP contribution >= 0.6 is 0 Å². The van der Waals surface area contributed by atoms with Crippen LogP contribution in [0, 0.1) is 5.82 Å². The van der Waals surface area contributed by atoms with Crippen LogP contribution in [-0.4, -0.2) is 11.1 Å². The second-order valence-corrected chi connectivity index (χ2v) is 3.81. The monoisotopic (exact) mass is 242 g/mol. The van der Waals surface area contributed by atoms with Crippen molar-refractivity contribution in [3.05, 3.63) is 71.0 Å². The predicted octanol–water partition coefficient (Wildman–Crippen LogP) is 3.69. The average molecular weight is 242 g/mol. The highest BCUT2D eigenvalue weighted by Crippen LogP contribution is 2.10. The van der Waals surface area contributed by atoms with Gasteiger partial charge in [0, 0.05) is 0 Å². The molecule has 0 spiro atoms. The maximum atomic E-state index is 12.7. The minimum atomic E-state index is -0.941. The van der Waals surface area contributed by atoms with Crippen LogP contribution in [0.3, 0.4) is 0 Å². The predicted molar refractivity (Wildman–Crippen MR) is 68.7 cm³/mol. The van der Waals surface area contributed by atoms with Gasteiger partial charge in [-0.15, -0.1) is 0 Å². The molecule has 0 aliphatic rings. The van der Waals surface area contributed by atoms with Gasteiger partial charge in [-0.3, -0.25) is 0 Å². The standard InChI is InChI=1S/C15H11FO2/c16-14-9-5-12(6-10-14)2-1-11-3-7-13(8-4-11)15(17)18/h1-10H,(H,17,18). The SMILES string of the molecule is O=C(O)c1ccc(C=Cc2ccc(F)cc2)cc1. The minimum Gasteiger partial charge on any atom is -0.478 e. The first-order valence-electron chi connectivity index (χ1n) is 5.42. The second kappa shape index (κ2) is 5.27. The molecule has 0 radical (unpaired) electrons. The van der Waals surface area contributed by atoms with Crippen molar-refractivity contribution in [3.8, 4) is 0 Å². The maximum Gasteiger partial charge on any atom is 0.335 e. The van der Waals surface area contributed by atoms with E-state index < -0.39 is 5.97 Å². The molecule has 0 bridgehead atoms. The molecule has 0 heterocycles. The fourth-order valence-electron chi connectivity index (χ4n) is 1.50. The Morgan fingerprint density at radius 1 is 0.889 bits per heavy atom. The van der Waals surface area contributed by atoms with Crippen molar-refractivity contribution in [2.24, 2.45) is 0 Å². The Bertz CT molecular complexity index is 568. The van der Waals surface area contributed by atoms with Gasteiger partial charge in [-0.1, -0.05) is 36.4 Å². The number of aromatic carboxylic acids is 1. The van der Waals surface area contributed by atoms with Crippen molar-refractivity contribution in [1.29, 1.82) is 0 Å². The molecule has 0 unspecified atom stereocenters. The van der Waals surface area contributed by atoms with Crippen LogP contribution in [0.25, 0.3) is 12.2 Å². The van der Waals surface area contributed by atoms with Crippen molar-refractivity contribution < 1.29 is 14.3 Å². The quantitative estimate of drug-likeness (QED) is 0.833. The lowest BCUT2D eigenvalue weighted by Gasteiger charge is -1.96. The van der Waals surface area contributed by atoms with Crippen LogP contribution in [0.15, 0.2) is 48.5 Å².